The summed E-state index contributed by atoms with van der Waals surface area (Å²) in [6, 6.07) is 13.4. The molecule has 3 aliphatic rings. The van der Waals surface area contributed by atoms with Gasteiger partial charge in [0.05, 0.1) is 23.7 Å². The predicted octanol–water partition coefficient (Wildman–Crippen LogP) is 5.55. The summed E-state index contributed by atoms with van der Waals surface area (Å²) < 4.78 is 16.3. The second-order valence-electron chi connectivity index (χ2n) is 9.74. The van der Waals surface area contributed by atoms with Crippen molar-refractivity contribution in [1.29, 1.82) is 0 Å². The highest BCUT2D eigenvalue weighted by Gasteiger charge is 2.41. The van der Waals surface area contributed by atoms with Gasteiger partial charge in [0.15, 0.2) is 16.7 Å². The van der Waals surface area contributed by atoms with Crippen LogP contribution in [0.3, 0.4) is 0 Å². The van der Waals surface area contributed by atoms with E-state index in [4.69, 9.17) is 19.2 Å². The lowest BCUT2D eigenvalue weighted by Gasteiger charge is -2.36. The largest absolute Gasteiger partial charge is 0.458 e. The Kier molecular flexibility index (Phi) is 7.79. The standard InChI is InChI=1S/C30H31N3O5S/c1-5-12-36-29(35)27-19(4)32-30-33(28(27)22-9-7-21(8-10-22)18(2)3)23(16-39-30)14-26(34)31-15-20-6-11-24-25(13-20)38-17-37-24/h5-11,13,16,18,28H,1,12,14-15,17H2,2-4H3,(H,31,34)/t28-/m0/s1. The van der Waals surface area contributed by atoms with Crippen molar-refractivity contribution >= 4 is 28.8 Å². The minimum Gasteiger partial charge on any atom is -0.458 e. The van der Waals surface area contributed by atoms with Gasteiger partial charge in [-0.1, -0.05) is 68.6 Å². The monoisotopic (exact) mass is 545 g/mol. The van der Waals surface area contributed by atoms with Crippen LogP contribution in [0.5, 0.6) is 11.5 Å². The summed E-state index contributed by atoms with van der Waals surface area (Å²) in [7, 11) is 0. The average molecular weight is 546 g/mol. The molecule has 202 valence electrons. The molecule has 0 spiro atoms. The van der Waals surface area contributed by atoms with Gasteiger partial charge in [-0.25, -0.2) is 9.79 Å². The molecule has 0 unspecified atom stereocenters. The minimum absolute atomic E-state index is 0.102. The zero-order chi connectivity index (χ0) is 27.5. The number of amidine groups is 1. The molecule has 2 aromatic rings. The van der Waals surface area contributed by atoms with E-state index in [2.05, 4.69) is 37.9 Å². The SMILES string of the molecule is C=CCOC(=O)C1=C(C)N=C2SC=C(CC(=O)NCc3ccc4c(c3)OCO4)N2[C@H]1c1ccc(C(C)C)cc1. The van der Waals surface area contributed by atoms with E-state index < -0.39 is 12.0 Å². The van der Waals surface area contributed by atoms with Gasteiger partial charge >= 0.3 is 5.97 Å². The van der Waals surface area contributed by atoms with Crippen LogP contribution in [0.15, 0.2) is 82.5 Å². The van der Waals surface area contributed by atoms with Crippen LogP contribution in [0.2, 0.25) is 0 Å². The number of thioether (sulfide) groups is 1. The summed E-state index contributed by atoms with van der Waals surface area (Å²) in [5, 5.41) is 5.65. The van der Waals surface area contributed by atoms with Crippen molar-refractivity contribution in [2.24, 2.45) is 4.99 Å². The molecular weight excluding hydrogens is 514 g/mol. The number of carbonyl (C=O) groups is 2. The summed E-state index contributed by atoms with van der Waals surface area (Å²) in [5.74, 6) is 1.17. The molecule has 3 aliphatic heterocycles. The van der Waals surface area contributed by atoms with E-state index in [-0.39, 0.29) is 25.7 Å². The Bertz CT molecular complexity index is 1390. The average Bonchev–Trinajstić information content (AvgIpc) is 3.56. The van der Waals surface area contributed by atoms with Crippen molar-refractivity contribution < 1.29 is 23.8 Å². The number of amides is 1. The highest BCUT2D eigenvalue weighted by Crippen LogP contribution is 2.45. The number of ether oxygens (including phenoxy) is 3. The fourth-order valence-electron chi connectivity index (χ4n) is 4.70. The van der Waals surface area contributed by atoms with Gasteiger partial charge in [-0.2, -0.15) is 0 Å². The number of esters is 1. The van der Waals surface area contributed by atoms with Gasteiger partial charge in [-0.05, 0) is 47.1 Å². The Morgan fingerprint density at radius 1 is 1.21 bits per heavy atom. The van der Waals surface area contributed by atoms with Crippen LogP contribution in [0.25, 0.3) is 0 Å². The van der Waals surface area contributed by atoms with Gasteiger partial charge in [0.1, 0.15) is 6.61 Å². The Morgan fingerprint density at radius 3 is 2.72 bits per heavy atom. The molecule has 0 radical (unpaired) electrons. The number of fused-ring (bicyclic) bond motifs is 2. The second kappa shape index (κ2) is 11.4. The van der Waals surface area contributed by atoms with E-state index in [0.29, 0.717) is 35.2 Å². The van der Waals surface area contributed by atoms with Crippen LogP contribution in [0, 0.1) is 0 Å². The van der Waals surface area contributed by atoms with E-state index in [1.807, 2.05) is 47.6 Å². The van der Waals surface area contributed by atoms with Gasteiger partial charge in [-0.15, -0.1) is 0 Å². The highest BCUT2D eigenvalue weighted by molar-refractivity contribution is 8.16. The van der Waals surface area contributed by atoms with Crippen molar-refractivity contribution in [2.45, 2.75) is 45.7 Å². The zero-order valence-electron chi connectivity index (χ0n) is 22.2. The molecule has 0 saturated heterocycles. The fourth-order valence-corrected chi connectivity index (χ4v) is 5.66. The second-order valence-corrected chi connectivity index (χ2v) is 10.6. The van der Waals surface area contributed by atoms with E-state index in [0.717, 1.165) is 22.0 Å². The van der Waals surface area contributed by atoms with Crippen LogP contribution in [-0.4, -0.2) is 35.3 Å². The molecule has 1 amide bonds. The van der Waals surface area contributed by atoms with Crippen molar-refractivity contribution in [3.8, 4) is 11.5 Å². The predicted molar refractivity (Wildman–Crippen MR) is 151 cm³/mol. The molecule has 1 atom stereocenters. The number of hydrogen-bond acceptors (Lipinski definition) is 8. The van der Waals surface area contributed by atoms with Crippen LogP contribution in [-0.2, 0) is 20.9 Å². The number of nitrogens with zero attached hydrogens (tertiary/aromatic N) is 2. The molecule has 0 aliphatic carbocycles. The third-order valence-electron chi connectivity index (χ3n) is 6.74. The first-order valence-corrected chi connectivity index (χ1v) is 13.7. The van der Waals surface area contributed by atoms with Crippen LogP contribution in [0.1, 0.15) is 55.8 Å². The summed E-state index contributed by atoms with van der Waals surface area (Å²) in [5.41, 5.74) is 4.85. The molecule has 3 heterocycles. The van der Waals surface area contributed by atoms with Gasteiger partial charge in [0.25, 0.3) is 0 Å². The molecule has 0 fully saturated rings. The fraction of sp³-hybridized carbons (Fsp3) is 0.300. The quantitative estimate of drug-likeness (QED) is 0.326. The molecule has 39 heavy (non-hydrogen) atoms. The summed E-state index contributed by atoms with van der Waals surface area (Å²) in [4.78, 5) is 33.0. The van der Waals surface area contributed by atoms with Crippen molar-refractivity contribution in [2.75, 3.05) is 13.4 Å². The Balaban J connectivity index is 1.38. The third-order valence-corrected chi connectivity index (χ3v) is 7.63. The minimum atomic E-state index is -0.473. The summed E-state index contributed by atoms with van der Waals surface area (Å²) >= 11 is 1.45. The first kappa shape index (κ1) is 26.6. The number of allylic oxidation sites excluding steroid dienone is 1. The van der Waals surface area contributed by atoms with Gasteiger partial charge < -0.3 is 24.4 Å². The molecule has 2 aromatic carbocycles. The van der Waals surface area contributed by atoms with Crippen LogP contribution in [0.4, 0.5) is 0 Å². The first-order valence-electron chi connectivity index (χ1n) is 12.8. The van der Waals surface area contributed by atoms with E-state index in [1.54, 1.807) is 6.08 Å². The lowest BCUT2D eigenvalue weighted by atomic mass is 9.92. The molecule has 1 N–H and O–H groups in total. The number of aliphatic imine (C=N–C) groups is 1. The number of carbonyl (C=O) groups excluding carboxylic acids is 2. The highest BCUT2D eigenvalue weighted by atomic mass is 32.2. The Labute approximate surface area is 232 Å². The molecular formula is C30H31N3O5S. The van der Waals surface area contributed by atoms with Crippen molar-refractivity contribution in [1.82, 2.24) is 10.2 Å². The van der Waals surface area contributed by atoms with E-state index in [1.165, 1.54) is 17.3 Å². The molecule has 0 saturated carbocycles. The maximum Gasteiger partial charge on any atom is 0.338 e. The summed E-state index contributed by atoms with van der Waals surface area (Å²) in [6.07, 6.45) is 1.67. The molecule has 0 bridgehead atoms. The van der Waals surface area contributed by atoms with Crippen molar-refractivity contribution in [3.05, 3.63) is 94.2 Å². The van der Waals surface area contributed by atoms with E-state index in [9.17, 15) is 9.59 Å². The lowest BCUT2D eigenvalue weighted by Crippen LogP contribution is -2.38. The Hall–Kier alpha value is -3.98. The first-order chi connectivity index (χ1) is 18.9. The number of hydrogen-bond donors (Lipinski definition) is 1. The topological polar surface area (TPSA) is 89.5 Å². The number of benzene rings is 2. The smallest absolute Gasteiger partial charge is 0.338 e. The third kappa shape index (κ3) is 5.59. The molecule has 9 heteroatoms. The van der Waals surface area contributed by atoms with Gasteiger partial charge in [-0.3, -0.25) is 4.79 Å². The van der Waals surface area contributed by atoms with E-state index >= 15 is 0 Å². The number of nitrogens with one attached hydrogen (secondary N) is 1. The van der Waals surface area contributed by atoms with Gasteiger partial charge in [0.2, 0.25) is 12.7 Å². The zero-order valence-corrected chi connectivity index (χ0v) is 23.0. The van der Waals surface area contributed by atoms with Crippen molar-refractivity contribution in [3.63, 3.8) is 0 Å². The maximum atomic E-state index is 13.2. The molecule has 8 nitrogen and oxygen atoms in total. The maximum absolute atomic E-state index is 13.2. The van der Waals surface area contributed by atoms with Crippen LogP contribution < -0.4 is 14.8 Å². The molecule has 0 aromatic heterocycles. The Morgan fingerprint density at radius 2 is 1.97 bits per heavy atom. The normalized spacial score (nSPS) is 17.5. The number of rotatable bonds is 9. The molecule has 5 rings (SSSR count). The lowest BCUT2D eigenvalue weighted by molar-refractivity contribution is -0.138. The van der Waals surface area contributed by atoms with Crippen LogP contribution >= 0.6 is 11.8 Å². The van der Waals surface area contributed by atoms with Gasteiger partial charge in [0, 0.05) is 12.2 Å². The summed E-state index contributed by atoms with van der Waals surface area (Å²) in [6.45, 7) is 10.4.